The Morgan fingerprint density at radius 2 is 1.90 bits per heavy atom. The number of halogens is 1. The van der Waals surface area contributed by atoms with Crippen LogP contribution < -0.4 is 15.0 Å². The third-order valence-corrected chi connectivity index (χ3v) is 5.97. The summed E-state index contributed by atoms with van der Waals surface area (Å²) in [6.07, 6.45) is 0. The van der Waals surface area contributed by atoms with Crippen molar-refractivity contribution in [3.63, 3.8) is 0 Å². The standard InChI is InChI=1S/C21H22FN7OS/c1-12-9-14-15(23-12)3-4-16(20(14)22)30-21-25-17(24-18-10-13(2)27-28-18)11-19(26-21)29-5-7-31-8-6-29/h3-4,9-11,23H,5-8H2,1-2H3,(H2,24,25,26,27,28). The lowest BCUT2D eigenvalue weighted by molar-refractivity contribution is 0.414. The van der Waals surface area contributed by atoms with Gasteiger partial charge in [0.15, 0.2) is 17.4 Å². The van der Waals surface area contributed by atoms with Crippen LogP contribution in [0.25, 0.3) is 10.9 Å². The van der Waals surface area contributed by atoms with Crippen LogP contribution in [0, 0.1) is 19.7 Å². The van der Waals surface area contributed by atoms with Gasteiger partial charge >= 0.3 is 6.01 Å². The minimum Gasteiger partial charge on any atom is -0.421 e. The van der Waals surface area contributed by atoms with Gasteiger partial charge in [-0.05, 0) is 32.0 Å². The second-order valence-electron chi connectivity index (χ2n) is 7.45. The quantitative estimate of drug-likeness (QED) is 0.421. The molecule has 0 amide bonds. The summed E-state index contributed by atoms with van der Waals surface area (Å²) in [5.74, 6) is 3.60. The summed E-state index contributed by atoms with van der Waals surface area (Å²) in [7, 11) is 0. The molecule has 160 valence electrons. The molecule has 3 N–H and O–H groups in total. The van der Waals surface area contributed by atoms with E-state index in [-0.39, 0.29) is 11.8 Å². The molecule has 1 aromatic carbocycles. The minimum absolute atomic E-state index is 0.0796. The normalized spacial score (nSPS) is 14.2. The van der Waals surface area contributed by atoms with E-state index < -0.39 is 5.82 Å². The number of hydrogen-bond acceptors (Lipinski definition) is 7. The highest BCUT2D eigenvalue weighted by atomic mass is 32.2. The van der Waals surface area contributed by atoms with Gasteiger partial charge in [0.05, 0.1) is 0 Å². The monoisotopic (exact) mass is 439 g/mol. The molecule has 0 bridgehead atoms. The third kappa shape index (κ3) is 4.15. The molecule has 31 heavy (non-hydrogen) atoms. The number of rotatable bonds is 5. The lowest BCUT2D eigenvalue weighted by atomic mass is 10.2. The molecule has 0 unspecified atom stereocenters. The summed E-state index contributed by atoms with van der Waals surface area (Å²) in [4.78, 5) is 14.3. The van der Waals surface area contributed by atoms with Crippen LogP contribution >= 0.6 is 11.8 Å². The second kappa shape index (κ2) is 8.10. The Kier molecular flexibility index (Phi) is 5.14. The first-order valence-electron chi connectivity index (χ1n) is 10.0. The van der Waals surface area contributed by atoms with Gasteiger partial charge in [0, 0.05) is 59.0 Å². The molecule has 1 saturated heterocycles. The fourth-order valence-electron chi connectivity index (χ4n) is 3.56. The summed E-state index contributed by atoms with van der Waals surface area (Å²) < 4.78 is 20.9. The number of aromatic amines is 2. The Balaban J connectivity index is 1.50. The van der Waals surface area contributed by atoms with E-state index in [2.05, 4.69) is 35.4 Å². The van der Waals surface area contributed by atoms with Gasteiger partial charge in [-0.2, -0.15) is 26.8 Å². The van der Waals surface area contributed by atoms with E-state index in [1.165, 1.54) is 0 Å². The van der Waals surface area contributed by atoms with Crippen molar-refractivity contribution < 1.29 is 9.13 Å². The smallest absolute Gasteiger partial charge is 0.326 e. The predicted octanol–water partition coefficient (Wildman–Crippen LogP) is 4.53. The van der Waals surface area contributed by atoms with Crippen molar-refractivity contribution in [2.24, 2.45) is 0 Å². The minimum atomic E-state index is -0.442. The first-order chi connectivity index (χ1) is 15.0. The van der Waals surface area contributed by atoms with Crippen molar-refractivity contribution >= 4 is 40.1 Å². The lowest BCUT2D eigenvalue weighted by Gasteiger charge is -2.27. The van der Waals surface area contributed by atoms with E-state index in [1.54, 1.807) is 18.2 Å². The number of nitrogens with one attached hydrogen (secondary N) is 3. The Labute approximate surface area is 182 Å². The van der Waals surface area contributed by atoms with Crippen molar-refractivity contribution in [3.05, 3.63) is 47.5 Å². The molecule has 0 radical (unpaired) electrons. The summed E-state index contributed by atoms with van der Waals surface area (Å²) in [5.41, 5.74) is 2.53. The Hall–Kier alpha value is -3.27. The zero-order chi connectivity index (χ0) is 21.4. The van der Waals surface area contributed by atoms with Crippen LogP contribution in [0.3, 0.4) is 0 Å². The molecule has 0 atom stereocenters. The number of hydrogen-bond donors (Lipinski definition) is 3. The van der Waals surface area contributed by atoms with Gasteiger partial charge in [-0.3, -0.25) is 5.10 Å². The molecule has 1 aliphatic heterocycles. The summed E-state index contributed by atoms with van der Waals surface area (Å²) in [6.45, 7) is 5.57. The predicted molar refractivity (Wildman–Crippen MR) is 121 cm³/mol. The van der Waals surface area contributed by atoms with Gasteiger partial charge in [-0.1, -0.05) is 0 Å². The number of thioether (sulfide) groups is 1. The van der Waals surface area contributed by atoms with Crippen molar-refractivity contribution in [2.75, 3.05) is 34.8 Å². The van der Waals surface area contributed by atoms with Crippen molar-refractivity contribution in [3.8, 4) is 11.8 Å². The molecule has 0 aliphatic carbocycles. The first-order valence-corrected chi connectivity index (χ1v) is 11.2. The largest absolute Gasteiger partial charge is 0.421 e. The maximum absolute atomic E-state index is 15.0. The second-order valence-corrected chi connectivity index (χ2v) is 8.67. The van der Waals surface area contributed by atoms with Gasteiger partial charge in [-0.15, -0.1) is 0 Å². The SMILES string of the molecule is Cc1cc(Nc2cc(N3CCSCC3)nc(Oc3ccc4[nH]c(C)cc4c3F)n2)n[nH]1. The number of aryl methyl sites for hydroxylation is 2. The van der Waals surface area contributed by atoms with Crippen LogP contribution in [0.2, 0.25) is 0 Å². The average Bonchev–Trinajstić information content (AvgIpc) is 3.35. The zero-order valence-corrected chi connectivity index (χ0v) is 18.0. The van der Waals surface area contributed by atoms with Crippen LogP contribution in [-0.4, -0.2) is 49.7 Å². The van der Waals surface area contributed by atoms with Crippen molar-refractivity contribution in [1.82, 2.24) is 25.1 Å². The maximum Gasteiger partial charge on any atom is 0.326 e. The number of aromatic nitrogens is 5. The van der Waals surface area contributed by atoms with Crippen LogP contribution in [0.4, 0.5) is 21.8 Å². The van der Waals surface area contributed by atoms with E-state index in [1.807, 2.05) is 37.7 Å². The molecule has 3 aromatic heterocycles. The number of H-pyrrole nitrogens is 2. The Morgan fingerprint density at radius 1 is 1.06 bits per heavy atom. The Morgan fingerprint density at radius 3 is 2.68 bits per heavy atom. The molecule has 0 saturated carbocycles. The highest BCUT2D eigenvalue weighted by Crippen LogP contribution is 2.31. The van der Waals surface area contributed by atoms with Crippen LogP contribution in [0.1, 0.15) is 11.4 Å². The van der Waals surface area contributed by atoms with E-state index >= 15 is 4.39 Å². The number of benzene rings is 1. The highest BCUT2D eigenvalue weighted by Gasteiger charge is 2.18. The maximum atomic E-state index is 15.0. The molecule has 10 heteroatoms. The number of nitrogens with zero attached hydrogens (tertiary/aromatic N) is 4. The summed E-state index contributed by atoms with van der Waals surface area (Å²) in [5, 5.41) is 10.7. The van der Waals surface area contributed by atoms with Crippen molar-refractivity contribution in [1.29, 1.82) is 0 Å². The molecule has 4 aromatic rings. The topological polar surface area (TPSA) is 94.8 Å². The molecule has 0 spiro atoms. The van der Waals surface area contributed by atoms with E-state index in [9.17, 15) is 0 Å². The van der Waals surface area contributed by atoms with E-state index in [0.29, 0.717) is 17.0 Å². The van der Waals surface area contributed by atoms with Gasteiger partial charge in [0.1, 0.15) is 11.6 Å². The third-order valence-electron chi connectivity index (χ3n) is 5.03. The number of ether oxygens (including phenoxy) is 1. The van der Waals surface area contributed by atoms with Gasteiger partial charge in [-0.25, -0.2) is 4.39 Å². The van der Waals surface area contributed by atoms with Crippen molar-refractivity contribution in [2.45, 2.75) is 13.8 Å². The summed E-state index contributed by atoms with van der Waals surface area (Å²) in [6, 6.07) is 8.95. The number of fused-ring (bicyclic) bond motifs is 1. The molecule has 1 fully saturated rings. The number of anilines is 3. The zero-order valence-electron chi connectivity index (χ0n) is 17.2. The fraction of sp³-hybridized carbons (Fsp3) is 0.286. The van der Waals surface area contributed by atoms with Crippen LogP contribution in [0.15, 0.2) is 30.3 Å². The Bertz CT molecular complexity index is 1230. The van der Waals surface area contributed by atoms with E-state index in [4.69, 9.17) is 4.74 Å². The molecule has 8 nitrogen and oxygen atoms in total. The van der Waals surface area contributed by atoms with Gasteiger partial charge in [0.2, 0.25) is 0 Å². The van der Waals surface area contributed by atoms with Gasteiger partial charge in [0.25, 0.3) is 0 Å². The fourth-order valence-corrected chi connectivity index (χ4v) is 4.46. The molecular weight excluding hydrogens is 417 g/mol. The van der Waals surface area contributed by atoms with E-state index in [0.717, 1.165) is 47.3 Å². The molecular formula is C21H22FN7OS. The first kappa shape index (κ1) is 19.7. The van der Waals surface area contributed by atoms with Crippen LogP contribution in [0.5, 0.6) is 11.8 Å². The van der Waals surface area contributed by atoms with Crippen LogP contribution in [-0.2, 0) is 0 Å². The summed E-state index contributed by atoms with van der Waals surface area (Å²) >= 11 is 1.92. The molecule has 1 aliphatic rings. The molecule has 5 rings (SSSR count). The average molecular weight is 440 g/mol. The van der Waals surface area contributed by atoms with Gasteiger partial charge < -0.3 is 19.9 Å². The highest BCUT2D eigenvalue weighted by molar-refractivity contribution is 7.99. The lowest BCUT2D eigenvalue weighted by Crippen LogP contribution is -2.33. The molecule has 4 heterocycles.